The van der Waals surface area contributed by atoms with Crippen LogP contribution < -0.4 is 0 Å². The molecule has 0 saturated heterocycles. The topological polar surface area (TPSA) is 60.7 Å². The van der Waals surface area contributed by atoms with Crippen molar-refractivity contribution in [1.29, 1.82) is 0 Å². The minimum Gasteiger partial charge on any atom is -0.392 e. The number of aliphatic hydroxyl groups excluding tert-OH is 2. The first-order valence-electron chi connectivity index (χ1n) is 11.4. The highest BCUT2D eigenvalue weighted by Crippen LogP contribution is 2.60. The molecule has 0 bridgehead atoms. The monoisotopic (exact) mass is 410 g/mol. The fourth-order valence-corrected chi connectivity index (χ4v) is 6.09. The highest BCUT2D eigenvalue weighted by atomic mass is 16.3. The second-order valence-corrected chi connectivity index (χ2v) is 10.2. The highest BCUT2D eigenvalue weighted by Gasteiger charge is 2.50. The van der Waals surface area contributed by atoms with E-state index < -0.39 is 5.60 Å². The third-order valence-electron chi connectivity index (χ3n) is 7.52. The second-order valence-electron chi connectivity index (χ2n) is 10.2. The van der Waals surface area contributed by atoms with Gasteiger partial charge in [0, 0.05) is 6.42 Å². The van der Waals surface area contributed by atoms with Gasteiger partial charge in [0.25, 0.3) is 0 Å². The lowest BCUT2D eigenvalue weighted by molar-refractivity contribution is 0.0997. The molecule has 2 aliphatic rings. The van der Waals surface area contributed by atoms with Crippen molar-refractivity contribution < 1.29 is 15.3 Å². The summed E-state index contributed by atoms with van der Waals surface area (Å²) in [5, 5.41) is 29.4. The average molecular weight is 411 g/mol. The first-order chi connectivity index (χ1) is 14.2. The van der Waals surface area contributed by atoms with Crippen LogP contribution in [0.2, 0.25) is 0 Å². The maximum absolute atomic E-state index is 9.88. The molecule has 3 heteroatoms. The van der Waals surface area contributed by atoms with E-state index in [0.29, 0.717) is 17.8 Å². The summed E-state index contributed by atoms with van der Waals surface area (Å²) in [4.78, 5) is 0. The van der Waals surface area contributed by atoms with Gasteiger partial charge in [0.2, 0.25) is 0 Å². The Kier molecular flexibility index (Phi) is 7.13. The maximum Gasteiger partial charge on any atom is 0.119 e. The first-order valence-corrected chi connectivity index (χ1v) is 11.4. The van der Waals surface area contributed by atoms with Crippen molar-refractivity contribution in [2.24, 2.45) is 23.2 Å². The fourth-order valence-electron chi connectivity index (χ4n) is 6.09. The van der Waals surface area contributed by atoms with E-state index in [1.54, 1.807) is 13.8 Å². The number of fused-ring (bicyclic) bond motifs is 1. The van der Waals surface area contributed by atoms with Crippen molar-refractivity contribution in [1.82, 2.24) is 0 Å². The van der Waals surface area contributed by atoms with Crippen LogP contribution in [0.3, 0.4) is 0 Å². The zero-order chi connectivity index (χ0) is 21.9. The summed E-state index contributed by atoms with van der Waals surface area (Å²) in [5.74, 6) is 7.93. The van der Waals surface area contributed by atoms with E-state index in [2.05, 4.69) is 37.8 Å². The molecule has 1 aromatic carbocycles. The molecule has 2 aliphatic carbocycles. The second kappa shape index (κ2) is 9.27. The zero-order valence-corrected chi connectivity index (χ0v) is 19.0. The van der Waals surface area contributed by atoms with Gasteiger partial charge in [0.05, 0.1) is 13.2 Å². The van der Waals surface area contributed by atoms with Gasteiger partial charge in [-0.25, -0.2) is 0 Å². The summed E-state index contributed by atoms with van der Waals surface area (Å²) in [6.45, 7) is 8.18. The van der Waals surface area contributed by atoms with Crippen LogP contribution in [0.1, 0.15) is 82.9 Å². The molecule has 0 spiro atoms. The molecule has 2 saturated carbocycles. The molecule has 0 amide bonds. The van der Waals surface area contributed by atoms with Crippen LogP contribution in [0.5, 0.6) is 0 Å². The van der Waals surface area contributed by atoms with Gasteiger partial charge in [0.15, 0.2) is 0 Å². The van der Waals surface area contributed by atoms with Crippen molar-refractivity contribution in [3.05, 3.63) is 40.5 Å². The molecule has 1 aromatic rings. The van der Waals surface area contributed by atoms with Gasteiger partial charge in [-0.2, -0.15) is 0 Å². The lowest BCUT2D eigenvalue weighted by Gasteiger charge is -2.44. The van der Waals surface area contributed by atoms with Crippen LogP contribution >= 0.6 is 0 Å². The lowest BCUT2D eigenvalue weighted by Crippen LogP contribution is -2.35. The minimum absolute atomic E-state index is 0.0423. The molecule has 164 valence electrons. The molecule has 3 nitrogen and oxygen atoms in total. The number of rotatable bonds is 5. The van der Waals surface area contributed by atoms with Crippen molar-refractivity contribution >= 4 is 6.08 Å². The van der Waals surface area contributed by atoms with E-state index in [4.69, 9.17) is 0 Å². The van der Waals surface area contributed by atoms with Crippen LogP contribution in [0.4, 0.5) is 0 Å². The zero-order valence-electron chi connectivity index (χ0n) is 19.0. The lowest BCUT2D eigenvalue weighted by atomic mass is 9.60. The number of aliphatic hydroxyl groups is 3. The Morgan fingerprint density at radius 1 is 1.23 bits per heavy atom. The van der Waals surface area contributed by atoms with Crippen LogP contribution in [-0.2, 0) is 13.2 Å². The summed E-state index contributed by atoms with van der Waals surface area (Å²) in [5.41, 5.74) is 3.59. The average Bonchev–Trinajstić information content (AvgIpc) is 3.04. The quantitative estimate of drug-likeness (QED) is 0.594. The Balaban J connectivity index is 1.84. The molecule has 2 fully saturated rings. The Morgan fingerprint density at radius 2 is 2.00 bits per heavy atom. The van der Waals surface area contributed by atoms with Crippen LogP contribution in [-0.4, -0.2) is 20.9 Å². The van der Waals surface area contributed by atoms with Crippen LogP contribution in [0, 0.1) is 35.0 Å². The standard InChI is InChI=1S/C27H38O3/c1-19(8-6-14-26(2,3)30)24-12-13-25-21(11-7-15-27(24,25)4)16-20-9-5-10-22(17-28)23(20)18-29/h5,9-10,16,19,24-25,28-30H,7-8,11-13,15,17-18H2,1-4H3/b21-16+/t19-,24-,25+,27-/m1/s1. The Labute approximate surface area is 182 Å². The molecule has 30 heavy (non-hydrogen) atoms. The largest absolute Gasteiger partial charge is 0.392 e. The first kappa shape index (κ1) is 23.1. The van der Waals surface area contributed by atoms with Gasteiger partial charge >= 0.3 is 0 Å². The van der Waals surface area contributed by atoms with E-state index in [-0.39, 0.29) is 18.6 Å². The molecular formula is C27H38O3. The fraction of sp³-hybridized carbons (Fsp3) is 0.630. The Morgan fingerprint density at radius 3 is 2.67 bits per heavy atom. The summed E-state index contributed by atoms with van der Waals surface area (Å²) in [7, 11) is 0. The summed E-state index contributed by atoms with van der Waals surface area (Å²) in [6.07, 6.45) is 9.15. The molecule has 0 heterocycles. The van der Waals surface area contributed by atoms with Gasteiger partial charge < -0.3 is 15.3 Å². The Bertz CT molecular complexity index is 836. The van der Waals surface area contributed by atoms with E-state index >= 15 is 0 Å². The molecule has 0 aromatic heterocycles. The van der Waals surface area contributed by atoms with Crippen LogP contribution in [0.25, 0.3) is 6.08 Å². The van der Waals surface area contributed by atoms with E-state index in [9.17, 15) is 15.3 Å². The SMILES string of the molecule is C[C@H](CC#CC(C)(C)O)[C@H]1CC[C@H]2/C(=C/c3cccc(CO)c3CO)CCC[C@]12C. The molecule has 0 aliphatic heterocycles. The van der Waals surface area contributed by atoms with Gasteiger partial charge in [-0.15, -0.1) is 5.92 Å². The van der Waals surface area contributed by atoms with Crippen molar-refractivity contribution in [2.75, 3.05) is 0 Å². The molecule has 0 unspecified atom stereocenters. The third kappa shape index (κ3) is 4.83. The third-order valence-corrected chi connectivity index (χ3v) is 7.52. The number of hydrogen-bond acceptors (Lipinski definition) is 3. The number of hydrogen-bond donors (Lipinski definition) is 3. The summed E-state index contributed by atoms with van der Waals surface area (Å²) < 4.78 is 0. The van der Waals surface area contributed by atoms with Gasteiger partial charge in [-0.1, -0.05) is 49.6 Å². The number of benzene rings is 1. The van der Waals surface area contributed by atoms with Crippen molar-refractivity contribution in [3.63, 3.8) is 0 Å². The Hall–Kier alpha value is -1.60. The molecule has 3 rings (SSSR count). The van der Waals surface area contributed by atoms with E-state index in [1.807, 2.05) is 12.1 Å². The van der Waals surface area contributed by atoms with E-state index in [1.165, 1.54) is 31.3 Å². The summed E-state index contributed by atoms with van der Waals surface area (Å²) >= 11 is 0. The van der Waals surface area contributed by atoms with Crippen LogP contribution in [0.15, 0.2) is 23.8 Å². The predicted molar refractivity (Wildman–Crippen MR) is 122 cm³/mol. The van der Waals surface area contributed by atoms with Gasteiger partial charge in [-0.3, -0.25) is 0 Å². The van der Waals surface area contributed by atoms with Crippen molar-refractivity contribution in [3.8, 4) is 11.8 Å². The highest BCUT2D eigenvalue weighted by molar-refractivity contribution is 5.59. The predicted octanol–water partition coefficient (Wildman–Crippen LogP) is 5.07. The van der Waals surface area contributed by atoms with E-state index in [0.717, 1.165) is 29.5 Å². The molecule has 4 atom stereocenters. The summed E-state index contributed by atoms with van der Waals surface area (Å²) in [6, 6.07) is 5.92. The molecule has 3 N–H and O–H groups in total. The normalized spacial score (nSPS) is 28.7. The van der Waals surface area contributed by atoms with Gasteiger partial charge in [0.1, 0.15) is 5.60 Å². The number of allylic oxidation sites excluding steroid dienone is 1. The molecule has 0 radical (unpaired) electrons. The maximum atomic E-state index is 9.88. The van der Waals surface area contributed by atoms with Crippen molar-refractivity contribution in [2.45, 2.75) is 85.0 Å². The smallest absolute Gasteiger partial charge is 0.119 e. The van der Waals surface area contributed by atoms with Gasteiger partial charge in [-0.05, 0) is 85.8 Å². The molecular weight excluding hydrogens is 372 g/mol. The minimum atomic E-state index is -0.921.